The molecule has 0 aliphatic rings. The summed E-state index contributed by atoms with van der Waals surface area (Å²) >= 11 is 0. The molecule has 3 N–H and O–H groups in total. The fourth-order valence-corrected chi connectivity index (χ4v) is 5.42. The molecular formula is C34H37FN2O4. The number of aliphatic hydroxyl groups is 1. The number of amides is 1. The SMILES string of the molecule is CC(C)c1c(C(=O)Nc2ccccc2)c(-c2ccccc2)c(-c2ccc(F)cc2)n1CC[C@@H](C)C[C@@H](O)CC(=O)O. The van der Waals surface area contributed by atoms with E-state index in [0.29, 0.717) is 30.6 Å². The Hall–Kier alpha value is -4.23. The summed E-state index contributed by atoms with van der Waals surface area (Å²) in [4.78, 5) is 25.2. The summed E-state index contributed by atoms with van der Waals surface area (Å²) in [5.41, 5.74) is 5.34. The number of carbonyl (C=O) groups excluding carboxylic acids is 1. The first-order valence-electron chi connectivity index (χ1n) is 14.0. The second kappa shape index (κ2) is 13.4. The average molecular weight is 557 g/mol. The summed E-state index contributed by atoms with van der Waals surface area (Å²) in [6.07, 6.45) is -0.231. The van der Waals surface area contributed by atoms with Crippen molar-refractivity contribution < 1.29 is 24.2 Å². The highest BCUT2D eigenvalue weighted by Crippen LogP contribution is 2.42. The van der Waals surface area contributed by atoms with Gasteiger partial charge in [0.15, 0.2) is 0 Å². The van der Waals surface area contributed by atoms with Gasteiger partial charge in [0, 0.05) is 23.5 Å². The average Bonchev–Trinajstić information content (AvgIpc) is 3.28. The van der Waals surface area contributed by atoms with E-state index in [1.807, 2.05) is 81.4 Å². The highest BCUT2D eigenvalue weighted by molar-refractivity contribution is 6.12. The molecule has 41 heavy (non-hydrogen) atoms. The number of benzene rings is 3. The maximum Gasteiger partial charge on any atom is 0.305 e. The zero-order valence-corrected chi connectivity index (χ0v) is 23.7. The van der Waals surface area contributed by atoms with E-state index in [2.05, 4.69) is 9.88 Å². The third-order valence-corrected chi connectivity index (χ3v) is 7.22. The molecule has 4 aromatic rings. The number of aliphatic hydroxyl groups excluding tert-OH is 1. The maximum atomic E-state index is 14.1. The van der Waals surface area contributed by atoms with Gasteiger partial charge in [0.25, 0.3) is 5.91 Å². The molecule has 0 spiro atoms. The van der Waals surface area contributed by atoms with Gasteiger partial charge in [-0.1, -0.05) is 69.3 Å². The van der Waals surface area contributed by atoms with Gasteiger partial charge in [-0.2, -0.15) is 0 Å². The van der Waals surface area contributed by atoms with Crippen LogP contribution in [0.25, 0.3) is 22.4 Å². The van der Waals surface area contributed by atoms with E-state index < -0.39 is 12.1 Å². The van der Waals surface area contributed by atoms with Gasteiger partial charge in [-0.25, -0.2) is 4.39 Å². The Morgan fingerprint density at radius 1 is 0.878 bits per heavy atom. The van der Waals surface area contributed by atoms with Crippen molar-refractivity contribution >= 4 is 17.6 Å². The molecule has 0 unspecified atom stereocenters. The number of nitrogens with zero attached hydrogens (tertiary/aromatic N) is 1. The predicted octanol–water partition coefficient (Wildman–Crippen LogP) is 7.59. The van der Waals surface area contributed by atoms with E-state index in [0.717, 1.165) is 28.1 Å². The summed E-state index contributed by atoms with van der Waals surface area (Å²) in [7, 11) is 0. The van der Waals surface area contributed by atoms with Crippen molar-refractivity contribution in [3.05, 3.63) is 102 Å². The number of nitrogens with one attached hydrogen (secondary N) is 1. The van der Waals surface area contributed by atoms with Crippen LogP contribution >= 0.6 is 0 Å². The minimum absolute atomic E-state index is 0.0228. The topological polar surface area (TPSA) is 91.6 Å². The van der Waals surface area contributed by atoms with Crippen LogP contribution in [0.2, 0.25) is 0 Å². The van der Waals surface area contributed by atoms with Crippen molar-refractivity contribution in [3.8, 4) is 22.4 Å². The number of para-hydroxylation sites is 1. The molecule has 6 nitrogen and oxygen atoms in total. The van der Waals surface area contributed by atoms with Gasteiger partial charge >= 0.3 is 5.97 Å². The van der Waals surface area contributed by atoms with Crippen LogP contribution in [0.3, 0.4) is 0 Å². The number of halogens is 1. The molecule has 0 bridgehead atoms. The van der Waals surface area contributed by atoms with E-state index in [1.165, 1.54) is 12.1 Å². The highest BCUT2D eigenvalue weighted by Gasteiger charge is 2.30. The van der Waals surface area contributed by atoms with Crippen LogP contribution < -0.4 is 5.32 Å². The minimum atomic E-state index is -1.03. The Balaban J connectivity index is 1.89. The Bertz CT molecular complexity index is 1460. The second-order valence-electron chi connectivity index (χ2n) is 10.9. The molecule has 214 valence electrons. The summed E-state index contributed by atoms with van der Waals surface area (Å²) in [6.45, 7) is 6.62. The first kappa shape index (κ1) is 29.7. The molecule has 1 heterocycles. The zero-order chi connectivity index (χ0) is 29.5. The van der Waals surface area contributed by atoms with Crippen molar-refractivity contribution in [1.29, 1.82) is 0 Å². The van der Waals surface area contributed by atoms with Crippen LogP contribution in [0, 0.1) is 11.7 Å². The van der Waals surface area contributed by atoms with E-state index >= 15 is 0 Å². The fourth-order valence-electron chi connectivity index (χ4n) is 5.42. The zero-order valence-electron chi connectivity index (χ0n) is 23.7. The van der Waals surface area contributed by atoms with Gasteiger partial charge in [-0.3, -0.25) is 9.59 Å². The van der Waals surface area contributed by atoms with Gasteiger partial charge in [-0.05, 0) is 72.2 Å². The van der Waals surface area contributed by atoms with Crippen LogP contribution in [0.5, 0.6) is 0 Å². The normalized spacial score (nSPS) is 12.7. The summed E-state index contributed by atoms with van der Waals surface area (Å²) in [6, 6.07) is 25.4. The highest BCUT2D eigenvalue weighted by atomic mass is 19.1. The van der Waals surface area contributed by atoms with Crippen molar-refractivity contribution in [3.63, 3.8) is 0 Å². The standard InChI is InChI=1S/C34H37FN2O4/c1-22(2)32-31(34(41)36-27-12-8-5-9-13-27)30(24-10-6-4-7-11-24)33(25-14-16-26(35)17-15-25)37(32)19-18-23(3)20-28(38)21-29(39)40/h4-17,22-23,28,38H,18-21H2,1-3H3,(H,36,41)(H,39,40)/t23-,28-/m1/s1. The summed E-state index contributed by atoms with van der Waals surface area (Å²) in [5.74, 6) is -1.62. The number of aromatic nitrogens is 1. The van der Waals surface area contributed by atoms with E-state index in [-0.39, 0.29) is 30.0 Å². The summed E-state index contributed by atoms with van der Waals surface area (Å²) in [5, 5.41) is 22.4. The molecule has 0 radical (unpaired) electrons. The molecular weight excluding hydrogens is 519 g/mol. The number of anilines is 1. The number of hydrogen-bond donors (Lipinski definition) is 3. The molecule has 1 amide bonds. The Morgan fingerprint density at radius 3 is 2.07 bits per heavy atom. The molecule has 0 aliphatic heterocycles. The van der Waals surface area contributed by atoms with Crippen LogP contribution in [0.15, 0.2) is 84.9 Å². The number of carboxylic acids is 1. The monoisotopic (exact) mass is 556 g/mol. The number of carbonyl (C=O) groups is 2. The largest absolute Gasteiger partial charge is 0.481 e. The number of aliphatic carboxylic acids is 1. The lowest BCUT2D eigenvalue weighted by Gasteiger charge is -2.20. The molecule has 0 fully saturated rings. The number of rotatable bonds is 12. The number of carboxylic acid groups (broad SMARTS) is 1. The number of hydrogen-bond acceptors (Lipinski definition) is 3. The van der Waals surface area contributed by atoms with Crippen LogP contribution in [-0.2, 0) is 11.3 Å². The van der Waals surface area contributed by atoms with Crippen molar-refractivity contribution in [1.82, 2.24) is 4.57 Å². The van der Waals surface area contributed by atoms with Gasteiger partial charge in [0.1, 0.15) is 5.82 Å². The van der Waals surface area contributed by atoms with Gasteiger partial charge < -0.3 is 20.1 Å². The molecule has 0 saturated carbocycles. The van der Waals surface area contributed by atoms with Gasteiger partial charge in [0.2, 0.25) is 0 Å². The lowest BCUT2D eigenvalue weighted by Crippen LogP contribution is -2.19. The molecule has 0 saturated heterocycles. The van der Waals surface area contributed by atoms with Crippen molar-refractivity contribution in [2.75, 3.05) is 5.32 Å². The van der Waals surface area contributed by atoms with Crippen LogP contribution in [0.4, 0.5) is 10.1 Å². The maximum absolute atomic E-state index is 14.1. The Morgan fingerprint density at radius 2 is 1.49 bits per heavy atom. The predicted molar refractivity (Wildman–Crippen MR) is 160 cm³/mol. The first-order chi connectivity index (χ1) is 19.7. The van der Waals surface area contributed by atoms with E-state index in [1.54, 1.807) is 12.1 Å². The van der Waals surface area contributed by atoms with Crippen LogP contribution in [-0.4, -0.2) is 32.8 Å². The third-order valence-electron chi connectivity index (χ3n) is 7.22. The first-order valence-corrected chi connectivity index (χ1v) is 14.0. The van der Waals surface area contributed by atoms with E-state index in [4.69, 9.17) is 5.11 Å². The molecule has 0 aliphatic carbocycles. The molecule has 3 aromatic carbocycles. The fraction of sp³-hybridized carbons (Fsp3) is 0.294. The van der Waals surface area contributed by atoms with Crippen molar-refractivity contribution in [2.24, 2.45) is 5.92 Å². The van der Waals surface area contributed by atoms with Crippen molar-refractivity contribution in [2.45, 2.75) is 58.6 Å². The quantitative estimate of drug-likeness (QED) is 0.168. The second-order valence-corrected chi connectivity index (χ2v) is 10.9. The minimum Gasteiger partial charge on any atom is -0.481 e. The van der Waals surface area contributed by atoms with Crippen LogP contribution in [0.1, 0.15) is 62.0 Å². The molecule has 4 rings (SSSR count). The lowest BCUT2D eigenvalue weighted by atomic mass is 9.94. The Kier molecular flexibility index (Phi) is 9.73. The molecule has 7 heteroatoms. The molecule has 1 aromatic heterocycles. The summed E-state index contributed by atoms with van der Waals surface area (Å²) < 4.78 is 16.2. The van der Waals surface area contributed by atoms with E-state index in [9.17, 15) is 19.1 Å². The smallest absolute Gasteiger partial charge is 0.305 e. The van der Waals surface area contributed by atoms with Gasteiger partial charge in [-0.15, -0.1) is 0 Å². The van der Waals surface area contributed by atoms with Gasteiger partial charge in [0.05, 0.1) is 23.8 Å². The Labute approximate surface area is 240 Å². The lowest BCUT2D eigenvalue weighted by molar-refractivity contribution is -0.139. The third kappa shape index (κ3) is 7.30. The molecule has 2 atom stereocenters.